The highest BCUT2D eigenvalue weighted by Crippen LogP contribution is 2.35. The number of hydrogen-bond donors (Lipinski definition) is 0. The second kappa shape index (κ2) is 9.50. The first kappa shape index (κ1) is 21.5. The Bertz CT molecular complexity index is 995. The third kappa shape index (κ3) is 4.51. The third-order valence-electron chi connectivity index (χ3n) is 4.78. The van der Waals surface area contributed by atoms with Gasteiger partial charge in [0.15, 0.2) is 11.5 Å². The number of hydrogen-bond acceptors (Lipinski definition) is 5. The second-order valence-corrected chi connectivity index (χ2v) is 8.24. The first-order chi connectivity index (χ1) is 14.0. The van der Waals surface area contributed by atoms with E-state index in [9.17, 15) is 4.79 Å². The fourth-order valence-corrected chi connectivity index (χ4v) is 4.67. The van der Waals surface area contributed by atoms with Gasteiger partial charge in [0.25, 0.3) is 0 Å². The van der Waals surface area contributed by atoms with Crippen LogP contribution in [0.2, 0.25) is 0 Å². The van der Waals surface area contributed by atoms with Gasteiger partial charge in [-0.25, -0.2) is 4.79 Å². The molecule has 7 heteroatoms. The van der Waals surface area contributed by atoms with E-state index in [1.54, 1.807) is 25.6 Å². The summed E-state index contributed by atoms with van der Waals surface area (Å²) >= 11 is 5.24. The van der Waals surface area contributed by atoms with Crippen LogP contribution in [0.15, 0.2) is 40.3 Å². The van der Waals surface area contributed by atoms with E-state index in [1.165, 1.54) is 0 Å². The molecule has 0 aliphatic carbocycles. The molecule has 0 saturated carbocycles. The smallest absolute Gasteiger partial charge is 0.340 e. The van der Waals surface area contributed by atoms with Gasteiger partial charge in [-0.05, 0) is 49.4 Å². The molecule has 2 aromatic heterocycles. The van der Waals surface area contributed by atoms with E-state index in [0.717, 1.165) is 39.1 Å². The van der Waals surface area contributed by atoms with Crippen LogP contribution in [-0.2, 0) is 17.7 Å². The molecule has 0 unspecified atom stereocenters. The zero-order valence-corrected chi connectivity index (χ0v) is 19.4. The summed E-state index contributed by atoms with van der Waals surface area (Å²) in [7, 11) is 3.25. The zero-order chi connectivity index (χ0) is 21.0. The fraction of sp³-hybridized carbons (Fsp3) is 0.318. The number of rotatable bonds is 8. The van der Waals surface area contributed by atoms with E-state index < -0.39 is 0 Å². The maximum absolute atomic E-state index is 12.5. The first-order valence-corrected chi connectivity index (χ1v) is 11.0. The van der Waals surface area contributed by atoms with Crippen molar-refractivity contribution in [2.24, 2.45) is 0 Å². The summed E-state index contributed by atoms with van der Waals surface area (Å²) < 4.78 is 19.1. The predicted octanol–water partition coefficient (Wildman–Crippen LogP) is 5.72. The molecule has 0 amide bonds. The first-order valence-electron chi connectivity index (χ1n) is 9.31. The van der Waals surface area contributed by atoms with Crippen LogP contribution in [0.3, 0.4) is 0 Å². The second-order valence-electron chi connectivity index (χ2n) is 6.44. The maximum atomic E-state index is 12.5. The molecule has 154 valence electrons. The van der Waals surface area contributed by atoms with Crippen LogP contribution < -0.4 is 9.47 Å². The molecular formula is C22H24BrNO4S. The molecule has 0 fully saturated rings. The van der Waals surface area contributed by atoms with Gasteiger partial charge in [-0.3, -0.25) is 0 Å². The average Bonchev–Trinajstić information content (AvgIpc) is 3.34. The number of ether oxygens (including phenoxy) is 3. The van der Waals surface area contributed by atoms with Crippen LogP contribution in [0.1, 0.15) is 28.5 Å². The molecule has 0 saturated heterocycles. The van der Waals surface area contributed by atoms with Crippen molar-refractivity contribution >= 4 is 33.2 Å². The van der Waals surface area contributed by atoms with Crippen molar-refractivity contribution < 1.29 is 19.0 Å². The number of thiophene rings is 1. The van der Waals surface area contributed by atoms with Crippen molar-refractivity contribution in [1.29, 1.82) is 0 Å². The van der Waals surface area contributed by atoms with Gasteiger partial charge in [0.05, 0.1) is 26.4 Å². The molecule has 2 heterocycles. The number of benzene rings is 1. The SMILES string of the molecule is CCOC(=O)c1cn(CCc2cc(OC)c(OC)cc2Br)c(C)c1-c1cccs1. The van der Waals surface area contributed by atoms with Crippen molar-refractivity contribution in [3.8, 4) is 21.9 Å². The van der Waals surface area contributed by atoms with Crippen LogP contribution in [0.5, 0.6) is 11.5 Å². The number of halogens is 1. The van der Waals surface area contributed by atoms with Gasteiger partial charge in [-0.15, -0.1) is 11.3 Å². The van der Waals surface area contributed by atoms with Crippen LogP contribution >= 0.6 is 27.3 Å². The van der Waals surface area contributed by atoms with Gasteiger partial charge in [-0.2, -0.15) is 0 Å². The van der Waals surface area contributed by atoms with Gasteiger partial charge in [-0.1, -0.05) is 22.0 Å². The van der Waals surface area contributed by atoms with Crippen molar-refractivity contribution in [1.82, 2.24) is 4.57 Å². The summed E-state index contributed by atoms with van der Waals surface area (Å²) in [6, 6.07) is 7.92. The molecule has 0 N–H and O–H groups in total. The van der Waals surface area contributed by atoms with Gasteiger partial charge in [0, 0.05) is 33.3 Å². The molecule has 5 nitrogen and oxygen atoms in total. The number of aromatic nitrogens is 1. The van der Waals surface area contributed by atoms with E-state index >= 15 is 0 Å². The van der Waals surface area contributed by atoms with E-state index in [4.69, 9.17) is 14.2 Å². The minimum atomic E-state index is -0.287. The normalized spacial score (nSPS) is 10.8. The molecule has 0 spiro atoms. The predicted molar refractivity (Wildman–Crippen MR) is 119 cm³/mol. The summed E-state index contributed by atoms with van der Waals surface area (Å²) in [6.45, 7) is 4.94. The molecule has 3 rings (SSSR count). The van der Waals surface area contributed by atoms with Crippen LogP contribution in [-0.4, -0.2) is 31.4 Å². The Balaban J connectivity index is 1.92. The molecule has 1 aromatic carbocycles. The molecule has 0 bridgehead atoms. The zero-order valence-electron chi connectivity index (χ0n) is 17.0. The highest BCUT2D eigenvalue weighted by molar-refractivity contribution is 9.10. The number of aryl methyl sites for hydroxylation is 2. The number of esters is 1. The lowest BCUT2D eigenvalue weighted by molar-refractivity contribution is 0.0527. The topological polar surface area (TPSA) is 49.7 Å². The Morgan fingerprint density at radius 1 is 1.21 bits per heavy atom. The van der Waals surface area contributed by atoms with Gasteiger partial charge < -0.3 is 18.8 Å². The molecular weight excluding hydrogens is 454 g/mol. The molecule has 0 aliphatic heterocycles. The van der Waals surface area contributed by atoms with Crippen molar-refractivity contribution in [3.63, 3.8) is 0 Å². The lowest BCUT2D eigenvalue weighted by Gasteiger charge is -2.13. The van der Waals surface area contributed by atoms with Gasteiger partial charge in [0.1, 0.15) is 0 Å². The monoisotopic (exact) mass is 477 g/mol. The Morgan fingerprint density at radius 2 is 1.93 bits per heavy atom. The highest BCUT2D eigenvalue weighted by Gasteiger charge is 2.21. The van der Waals surface area contributed by atoms with Crippen molar-refractivity contribution in [2.45, 2.75) is 26.8 Å². The van der Waals surface area contributed by atoms with E-state index in [1.807, 2.05) is 49.7 Å². The standard InChI is InChI=1S/C22H24BrNO4S/c1-5-28-22(25)16-13-24(14(2)21(16)20-7-6-10-29-20)9-8-15-11-18(26-3)19(27-4)12-17(15)23/h6-7,10-13H,5,8-9H2,1-4H3. The number of carbonyl (C=O) groups excluding carboxylic acids is 1. The van der Waals surface area contributed by atoms with Gasteiger partial charge >= 0.3 is 5.97 Å². The summed E-state index contributed by atoms with van der Waals surface area (Å²) in [6.07, 6.45) is 2.67. The fourth-order valence-electron chi connectivity index (χ4n) is 3.31. The number of nitrogens with zero attached hydrogens (tertiary/aromatic N) is 1. The Labute approximate surface area is 183 Å². The van der Waals surface area contributed by atoms with Crippen LogP contribution in [0.25, 0.3) is 10.4 Å². The minimum Gasteiger partial charge on any atom is -0.493 e. The van der Waals surface area contributed by atoms with E-state index in [-0.39, 0.29) is 5.97 Å². The Kier molecular flexibility index (Phi) is 7.03. The minimum absolute atomic E-state index is 0.287. The lowest BCUT2D eigenvalue weighted by atomic mass is 10.1. The number of methoxy groups -OCH3 is 2. The van der Waals surface area contributed by atoms with Crippen LogP contribution in [0, 0.1) is 6.92 Å². The van der Waals surface area contributed by atoms with Crippen molar-refractivity contribution in [2.75, 3.05) is 20.8 Å². The summed E-state index contributed by atoms with van der Waals surface area (Å²) in [5.74, 6) is 1.09. The van der Waals surface area contributed by atoms with Crippen molar-refractivity contribution in [3.05, 3.63) is 57.1 Å². The summed E-state index contributed by atoms with van der Waals surface area (Å²) in [4.78, 5) is 13.6. The maximum Gasteiger partial charge on any atom is 0.340 e. The van der Waals surface area contributed by atoms with E-state index in [0.29, 0.717) is 23.7 Å². The average molecular weight is 478 g/mol. The molecule has 0 atom stereocenters. The Morgan fingerprint density at radius 3 is 2.55 bits per heavy atom. The van der Waals surface area contributed by atoms with Crippen LogP contribution in [0.4, 0.5) is 0 Å². The summed E-state index contributed by atoms with van der Waals surface area (Å²) in [5, 5.41) is 2.02. The molecule has 0 radical (unpaired) electrons. The highest BCUT2D eigenvalue weighted by atomic mass is 79.9. The molecule has 3 aromatic rings. The van der Waals surface area contributed by atoms with E-state index in [2.05, 4.69) is 20.5 Å². The number of carbonyl (C=O) groups is 1. The quantitative estimate of drug-likeness (QED) is 0.389. The largest absolute Gasteiger partial charge is 0.493 e. The molecule has 29 heavy (non-hydrogen) atoms. The molecule has 0 aliphatic rings. The summed E-state index contributed by atoms with van der Waals surface area (Å²) in [5.41, 5.74) is 3.71. The Hall–Kier alpha value is -2.25. The lowest BCUT2D eigenvalue weighted by Crippen LogP contribution is -2.05. The van der Waals surface area contributed by atoms with Gasteiger partial charge in [0.2, 0.25) is 0 Å². The third-order valence-corrected chi connectivity index (χ3v) is 6.41.